The Labute approximate surface area is 206 Å². The first kappa shape index (κ1) is 27.2. The molecule has 1 aliphatic heterocycles. The number of carbonyl (C=O) groups excluding carboxylic acids is 3. The predicted octanol–water partition coefficient (Wildman–Crippen LogP) is 0.433. The van der Waals surface area contributed by atoms with Gasteiger partial charge >= 0.3 is 6.09 Å². The number of primary amides is 1. The summed E-state index contributed by atoms with van der Waals surface area (Å²) in [7, 11) is 0. The molecule has 0 spiro atoms. The van der Waals surface area contributed by atoms with E-state index < -0.39 is 42.1 Å². The van der Waals surface area contributed by atoms with Crippen LogP contribution in [0.15, 0.2) is 0 Å². The van der Waals surface area contributed by atoms with Crippen LogP contribution in [0.3, 0.4) is 0 Å². The summed E-state index contributed by atoms with van der Waals surface area (Å²) in [5.74, 6) is -1.06. The molecule has 5 unspecified atom stereocenters. The average Bonchev–Trinajstić information content (AvgIpc) is 3.44. The smallest absolute Gasteiger partial charge is 0.404 e. The Bertz CT molecular complexity index is 774. The van der Waals surface area contributed by atoms with E-state index >= 15 is 0 Å². The van der Waals surface area contributed by atoms with Crippen molar-refractivity contribution in [2.24, 2.45) is 23.3 Å². The second-order valence-corrected chi connectivity index (χ2v) is 10.5. The Balaban J connectivity index is 1.63. The molecule has 0 aromatic heterocycles. The molecule has 2 bridgehead atoms. The normalized spacial score (nSPS) is 26.7. The fourth-order valence-corrected chi connectivity index (χ4v) is 6.18. The third-order valence-electron chi connectivity index (χ3n) is 7.96. The van der Waals surface area contributed by atoms with Crippen molar-refractivity contribution in [3.05, 3.63) is 0 Å². The zero-order chi connectivity index (χ0) is 25.5. The summed E-state index contributed by atoms with van der Waals surface area (Å²) in [6.45, 7) is 0.218. The number of rotatable bonds is 12. The first-order valence-electron chi connectivity index (χ1n) is 13.0. The molecule has 2 aliphatic carbocycles. The number of fused-ring (bicyclic) bond motifs is 2. The van der Waals surface area contributed by atoms with Crippen molar-refractivity contribution in [3.63, 3.8) is 0 Å². The van der Waals surface area contributed by atoms with E-state index in [0.29, 0.717) is 25.2 Å². The fraction of sp³-hybridized carbons (Fsp3) is 0.833. The number of amides is 4. The zero-order valence-electron chi connectivity index (χ0n) is 20.4. The molecule has 0 radical (unpaired) electrons. The lowest BCUT2D eigenvalue weighted by atomic mass is 9.84. The first-order valence-corrected chi connectivity index (χ1v) is 13.0. The van der Waals surface area contributed by atoms with Gasteiger partial charge in [0.1, 0.15) is 6.04 Å². The highest BCUT2D eigenvalue weighted by atomic mass is 16.4. The van der Waals surface area contributed by atoms with Crippen LogP contribution in [-0.4, -0.2) is 75.7 Å². The van der Waals surface area contributed by atoms with E-state index in [2.05, 4.69) is 10.6 Å². The standard InChI is InChI=1S/C24H41N5O6/c25-17(12-14-6-2-1-3-7-14)23(33)29-16-10-9-15(13-16)19(29)22(32)28-18(20(30)21(26)31)8-4-5-11-27-24(34)35/h14-20,27,30H,1-13,25H2,(H2,26,31)(H,28,32)(H,34,35)/t15?,16?,17?,18?,19-,20?/m0/s1. The number of hydrogen-bond donors (Lipinski definition) is 6. The number of carbonyl (C=O) groups is 4. The number of nitrogens with one attached hydrogen (secondary N) is 2. The van der Waals surface area contributed by atoms with Crippen molar-refractivity contribution in [1.29, 1.82) is 0 Å². The molecular weight excluding hydrogens is 454 g/mol. The number of hydrogen-bond acceptors (Lipinski definition) is 6. The minimum atomic E-state index is -1.58. The predicted molar refractivity (Wildman–Crippen MR) is 128 cm³/mol. The van der Waals surface area contributed by atoms with Crippen LogP contribution in [0.25, 0.3) is 0 Å². The van der Waals surface area contributed by atoms with Gasteiger partial charge in [0.05, 0.1) is 12.1 Å². The lowest BCUT2D eigenvalue weighted by Crippen LogP contribution is -2.59. The number of likely N-dealkylation sites (tertiary alicyclic amines) is 1. The van der Waals surface area contributed by atoms with Crippen molar-refractivity contribution in [3.8, 4) is 0 Å². The summed E-state index contributed by atoms with van der Waals surface area (Å²) in [4.78, 5) is 50.7. The number of nitrogens with zero attached hydrogens (tertiary/aromatic N) is 1. The molecule has 3 rings (SSSR count). The third kappa shape index (κ3) is 7.07. The molecule has 0 aromatic carbocycles. The SMILES string of the molecule is NC(=O)C(O)C(CCCCNC(=O)O)NC(=O)[C@@H]1C2CCC(C2)N1C(=O)C(N)CC1CCCCC1. The van der Waals surface area contributed by atoms with Gasteiger partial charge in [-0.05, 0) is 56.8 Å². The summed E-state index contributed by atoms with van der Waals surface area (Å²) in [5, 5.41) is 24.0. The number of nitrogens with two attached hydrogens (primary N) is 2. The maximum absolute atomic E-state index is 13.4. The Morgan fingerprint density at radius 3 is 2.40 bits per heavy atom. The molecule has 2 saturated carbocycles. The summed E-state index contributed by atoms with van der Waals surface area (Å²) in [6, 6.07) is -2.24. The Morgan fingerprint density at radius 2 is 1.74 bits per heavy atom. The van der Waals surface area contributed by atoms with Gasteiger partial charge in [-0.3, -0.25) is 14.4 Å². The molecule has 11 nitrogen and oxygen atoms in total. The number of carboxylic acid groups (broad SMARTS) is 1. The molecular formula is C24H41N5O6. The molecule has 0 aromatic rings. The van der Waals surface area contributed by atoms with Crippen LogP contribution in [0.4, 0.5) is 4.79 Å². The van der Waals surface area contributed by atoms with Crippen molar-refractivity contribution in [2.45, 2.75) is 107 Å². The van der Waals surface area contributed by atoms with E-state index in [9.17, 15) is 24.3 Å². The van der Waals surface area contributed by atoms with Crippen LogP contribution in [0.5, 0.6) is 0 Å². The first-order chi connectivity index (χ1) is 16.7. The Kier molecular flexibility index (Phi) is 9.73. The number of aliphatic hydroxyl groups excluding tert-OH is 1. The van der Waals surface area contributed by atoms with Crippen molar-refractivity contribution in [2.75, 3.05) is 6.54 Å². The fourth-order valence-electron chi connectivity index (χ4n) is 6.18. The monoisotopic (exact) mass is 495 g/mol. The van der Waals surface area contributed by atoms with Crippen molar-refractivity contribution in [1.82, 2.24) is 15.5 Å². The van der Waals surface area contributed by atoms with Gasteiger partial charge in [0.25, 0.3) is 0 Å². The topological polar surface area (TPSA) is 188 Å². The summed E-state index contributed by atoms with van der Waals surface area (Å²) in [5.41, 5.74) is 11.6. The molecule has 8 N–H and O–H groups in total. The molecule has 35 heavy (non-hydrogen) atoms. The lowest BCUT2D eigenvalue weighted by molar-refractivity contribution is -0.145. The molecule has 3 fully saturated rings. The van der Waals surface area contributed by atoms with E-state index in [1.165, 1.54) is 19.3 Å². The summed E-state index contributed by atoms with van der Waals surface area (Å²) in [6.07, 6.45) is 7.28. The number of unbranched alkanes of at least 4 members (excludes halogenated alkanes) is 1. The van der Waals surface area contributed by atoms with Gasteiger partial charge in [0.15, 0.2) is 6.10 Å². The van der Waals surface area contributed by atoms with E-state index in [1.54, 1.807) is 4.90 Å². The van der Waals surface area contributed by atoms with Crippen molar-refractivity contribution >= 4 is 23.8 Å². The molecule has 1 heterocycles. The largest absolute Gasteiger partial charge is 0.465 e. The van der Waals surface area contributed by atoms with Crippen LogP contribution in [-0.2, 0) is 14.4 Å². The van der Waals surface area contributed by atoms with Crippen LogP contribution >= 0.6 is 0 Å². The van der Waals surface area contributed by atoms with Gasteiger partial charge in [-0.1, -0.05) is 32.1 Å². The summed E-state index contributed by atoms with van der Waals surface area (Å²) >= 11 is 0. The molecule has 3 aliphatic rings. The Morgan fingerprint density at radius 1 is 1.03 bits per heavy atom. The zero-order valence-corrected chi connectivity index (χ0v) is 20.4. The molecule has 198 valence electrons. The minimum absolute atomic E-state index is 0.0118. The second kappa shape index (κ2) is 12.5. The average molecular weight is 496 g/mol. The van der Waals surface area contributed by atoms with E-state index in [1.807, 2.05) is 0 Å². The molecule has 1 saturated heterocycles. The highest BCUT2D eigenvalue weighted by molar-refractivity contribution is 5.92. The quantitative estimate of drug-likeness (QED) is 0.212. The van der Waals surface area contributed by atoms with Crippen LogP contribution in [0, 0.1) is 11.8 Å². The Hall–Kier alpha value is -2.40. The molecule has 4 amide bonds. The highest BCUT2D eigenvalue weighted by Crippen LogP contribution is 2.43. The van der Waals surface area contributed by atoms with Gasteiger partial charge in [-0.2, -0.15) is 0 Å². The molecule has 6 atom stereocenters. The van der Waals surface area contributed by atoms with Crippen LogP contribution in [0.1, 0.15) is 77.0 Å². The maximum Gasteiger partial charge on any atom is 0.404 e. The van der Waals surface area contributed by atoms with Gasteiger partial charge in [-0.15, -0.1) is 0 Å². The van der Waals surface area contributed by atoms with Crippen LogP contribution in [0.2, 0.25) is 0 Å². The van der Waals surface area contributed by atoms with Crippen LogP contribution < -0.4 is 22.1 Å². The minimum Gasteiger partial charge on any atom is -0.465 e. The van der Waals surface area contributed by atoms with Gasteiger partial charge in [-0.25, -0.2) is 4.79 Å². The van der Waals surface area contributed by atoms with E-state index in [-0.39, 0.29) is 30.8 Å². The highest BCUT2D eigenvalue weighted by Gasteiger charge is 2.52. The lowest BCUT2D eigenvalue weighted by Gasteiger charge is -2.37. The maximum atomic E-state index is 13.4. The third-order valence-corrected chi connectivity index (χ3v) is 7.96. The van der Waals surface area contributed by atoms with Gasteiger partial charge < -0.3 is 37.2 Å². The van der Waals surface area contributed by atoms with E-state index in [0.717, 1.165) is 32.1 Å². The van der Waals surface area contributed by atoms with E-state index in [4.69, 9.17) is 16.6 Å². The number of piperidine rings is 1. The van der Waals surface area contributed by atoms with Crippen molar-refractivity contribution < 1.29 is 29.4 Å². The molecule has 11 heteroatoms. The summed E-state index contributed by atoms with van der Waals surface area (Å²) < 4.78 is 0. The number of aliphatic hydroxyl groups is 1. The van der Waals surface area contributed by atoms with Gasteiger partial charge in [0, 0.05) is 12.6 Å². The second-order valence-electron chi connectivity index (χ2n) is 10.5. The van der Waals surface area contributed by atoms with Gasteiger partial charge in [0.2, 0.25) is 17.7 Å².